The number of amides is 1. The molecule has 0 aromatic carbocycles. The van der Waals surface area contributed by atoms with Crippen LogP contribution in [0.1, 0.15) is 85.0 Å². The predicted molar refractivity (Wildman–Crippen MR) is 126 cm³/mol. The minimum atomic E-state index is -0.972. The molecule has 0 radical (unpaired) electrons. The fourth-order valence-electron chi connectivity index (χ4n) is 9.29. The number of nitrogens with zero attached hydrogens (tertiary/aromatic N) is 1. The minimum Gasteiger partial charge on any atom is -0.480 e. The maximum atomic E-state index is 12.4. The van der Waals surface area contributed by atoms with E-state index in [-0.39, 0.29) is 41.4 Å². The van der Waals surface area contributed by atoms with Gasteiger partial charge in [0.2, 0.25) is 5.91 Å². The molecule has 3 N–H and O–H groups in total. The molecule has 188 valence electrons. The average molecular weight is 464 g/mol. The first-order valence-electron chi connectivity index (χ1n) is 13.3. The molecule has 0 saturated heterocycles. The highest BCUT2D eigenvalue weighted by molar-refractivity contribution is 5.80. The van der Waals surface area contributed by atoms with Crippen LogP contribution in [0.2, 0.25) is 0 Å². The van der Waals surface area contributed by atoms with Crippen LogP contribution in [0.25, 0.3) is 0 Å². The van der Waals surface area contributed by atoms with E-state index in [4.69, 9.17) is 5.11 Å². The molecule has 4 saturated carbocycles. The number of fused-ring (bicyclic) bond motifs is 5. The summed E-state index contributed by atoms with van der Waals surface area (Å²) < 4.78 is 0. The molecule has 1 amide bonds. The van der Waals surface area contributed by atoms with Gasteiger partial charge in [-0.25, -0.2) is 0 Å². The average Bonchev–Trinajstić information content (AvgIpc) is 3.10. The van der Waals surface area contributed by atoms with Gasteiger partial charge in [0.1, 0.15) is 6.54 Å². The number of hydrogen-bond acceptors (Lipinski definition) is 4. The van der Waals surface area contributed by atoms with E-state index in [1.54, 1.807) is 7.05 Å². The fourth-order valence-corrected chi connectivity index (χ4v) is 9.29. The van der Waals surface area contributed by atoms with Crippen molar-refractivity contribution in [2.45, 2.75) is 97.2 Å². The molecular formula is C27H45NO5. The monoisotopic (exact) mass is 463 g/mol. The Morgan fingerprint density at radius 2 is 1.64 bits per heavy atom. The maximum absolute atomic E-state index is 12.4. The van der Waals surface area contributed by atoms with Gasteiger partial charge in [-0.1, -0.05) is 20.8 Å². The second kappa shape index (κ2) is 9.14. The van der Waals surface area contributed by atoms with Crippen LogP contribution in [0, 0.1) is 46.3 Å². The summed E-state index contributed by atoms with van der Waals surface area (Å²) in [6.45, 7) is 6.93. The number of aliphatic carboxylic acids is 1. The normalized spacial score (nSPS) is 45.5. The Labute approximate surface area is 199 Å². The molecule has 4 rings (SSSR count). The zero-order chi connectivity index (χ0) is 24.1. The number of aliphatic hydroxyl groups excluding tert-OH is 2. The Bertz CT molecular complexity index is 757. The highest BCUT2D eigenvalue weighted by Gasteiger charge is 2.62. The highest BCUT2D eigenvalue weighted by atomic mass is 16.4. The standard InChI is InChI=1S/C27H45NO5/c1-16(5-8-24(31)28(4)15-25(32)33)19-6-7-20-18-14-23(30)22-13-17(29)9-11-27(22,3)21(18)10-12-26(19,20)2/h16-23,29-30H,5-15H2,1-4H3,(H,32,33)/t16-,17-,18+,19-,20+,21+,22?,23+,26-,27-/m1/s1. The molecule has 0 bridgehead atoms. The third-order valence-corrected chi connectivity index (χ3v) is 11.0. The van der Waals surface area contributed by atoms with Crippen LogP contribution in [0.5, 0.6) is 0 Å². The van der Waals surface area contributed by atoms with Crippen LogP contribution >= 0.6 is 0 Å². The molecule has 4 fully saturated rings. The maximum Gasteiger partial charge on any atom is 0.323 e. The van der Waals surface area contributed by atoms with E-state index >= 15 is 0 Å². The lowest BCUT2D eigenvalue weighted by Gasteiger charge is -2.62. The Balaban J connectivity index is 1.43. The number of rotatable bonds is 6. The summed E-state index contributed by atoms with van der Waals surface area (Å²) in [6.07, 6.45) is 9.07. The van der Waals surface area contributed by atoms with Gasteiger partial charge in [-0.15, -0.1) is 0 Å². The molecule has 6 heteroatoms. The van der Waals surface area contributed by atoms with Gasteiger partial charge in [-0.05, 0) is 104 Å². The van der Waals surface area contributed by atoms with E-state index < -0.39 is 5.97 Å². The summed E-state index contributed by atoms with van der Waals surface area (Å²) in [5, 5.41) is 30.4. The van der Waals surface area contributed by atoms with E-state index in [2.05, 4.69) is 20.8 Å². The SMILES string of the molecule is C[C@H](CCC(=O)N(C)CC(=O)O)[C@H]1CC[C@H]2[C@@H]3C[C@H](O)C4C[C@H](O)CC[C@]4(C)[C@H]3CC[C@]12C. The van der Waals surface area contributed by atoms with Crippen LogP contribution in [0.15, 0.2) is 0 Å². The molecule has 6 nitrogen and oxygen atoms in total. The second-order valence-electron chi connectivity index (χ2n) is 12.6. The Morgan fingerprint density at radius 1 is 0.970 bits per heavy atom. The van der Waals surface area contributed by atoms with Gasteiger partial charge in [0, 0.05) is 13.5 Å². The summed E-state index contributed by atoms with van der Waals surface area (Å²) >= 11 is 0. The number of aliphatic hydroxyl groups is 2. The molecule has 10 atom stereocenters. The van der Waals surface area contributed by atoms with Crippen molar-refractivity contribution in [3.8, 4) is 0 Å². The van der Waals surface area contributed by atoms with Crippen LogP contribution in [0.4, 0.5) is 0 Å². The molecule has 4 aliphatic carbocycles. The van der Waals surface area contributed by atoms with Crippen LogP contribution in [0.3, 0.4) is 0 Å². The van der Waals surface area contributed by atoms with Gasteiger partial charge in [0.05, 0.1) is 12.2 Å². The third-order valence-electron chi connectivity index (χ3n) is 11.0. The molecule has 0 aromatic heterocycles. The first-order chi connectivity index (χ1) is 15.5. The van der Waals surface area contributed by atoms with Crippen molar-refractivity contribution in [2.75, 3.05) is 13.6 Å². The van der Waals surface area contributed by atoms with E-state index in [1.807, 2.05) is 0 Å². The molecule has 0 spiro atoms. The predicted octanol–water partition coefficient (Wildman–Crippen LogP) is 3.94. The van der Waals surface area contributed by atoms with Crippen molar-refractivity contribution in [3.63, 3.8) is 0 Å². The molecule has 0 aromatic rings. The second-order valence-corrected chi connectivity index (χ2v) is 12.6. The molecule has 0 aliphatic heterocycles. The Morgan fingerprint density at radius 3 is 2.33 bits per heavy atom. The quantitative estimate of drug-likeness (QED) is 0.554. The largest absolute Gasteiger partial charge is 0.480 e. The van der Waals surface area contributed by atoms with Gasteiger partial charge in [-0.2, -0.15) is 0 Å². The summed E-state index contributed by atoms with van der Waals surface area (Å²) in [5.74, 6) is 2.04. The number of likely N-dealkylation sites (N-methyl/N-ethyl adjacent to an activating group) is 1. The molecule has 0 heterocycles. The number of hydrogen-bond donors (Lipinski definition) is 3. The van der Waals surface area contributed by atoms with E-state index in [1.165, 1.54) is 30.6 Å². The number of carbonyl (C=O) groups excluding carboxylic acids is 1. The zero-order valence-corrected chi connectivity index (χ0v) is 21.0. The number of carbonyl (C=O) groups is 2. The zero-order valence-electron chi connectivity index (χ0n) is 21.0. The van der Waals surface area contributed by atoms with Gasteiger partial charge in [0.25, 0.3) is 0 Å². The van der Waals surface area contributed by atoms with Crippen molar-refractivity contribution in [3.05, 3.63) is 0 Å². The minimum absolute atomic E-state index is 0.0819. The molecule has 1 unspecified atom stereocenters. The number of carboxylic acids is 1. The Kier molecular flexibility index (Phi) is 6.92. The third kappa shape index (κ3) is 4.35. The van der Waals surface area contributed by atoms with Crippen LogP contribution in [-0.4, -0.2) is 57.9 Å². The van der Waals surface area contributed by atoms with Crippen molar-refractivity contribution in [1.82, 2.24) is 4.90 Å². The van der Waals surface area contributed by atoms with Gasteiger partial charge < -0.3 is 20.2 Å². The Hall–Kier alpha value is -1.14. The van der Waals surface area contributed by atoms with E-state index in [0.29, 0.717) is 36.0 Å². The molecule has 33 heavy (non-hydrogen) atoms. The van der Waals surface area contributed by atoms with Crippen molar-refractivity contribution in [2.24, 2.45) is 46.3 Å². The van der Waals surface area contributed by atoms with Crippen LogP contribution < -0.4 is 0 Å². The molecular weight excluding hydrogens is 418 g/mol. The van der Waals surface area contributed by atoms with Gasteiger partial charge in [-0.3, -0.25) is 9.59 Å². The summed E-state index contributed by atoms with van der Waals surface area (Å²) in [4.78, 5) is 24.6. The van der Waals surface area contributed by atoms with Gasteiger partial charge in [0.15, 0.2) is 0 Å². The van der Waals surface area contributed by atoms with Crippen LogP contribution in [-0.2, 0) is 9.59 Å². The van der Waals surface area contributed by atoms with E-state index in [0.717, 1.165) is 32.1 Å². The first-order valence-corrected chi connectivity index (χ1v) is 13.3. The smallest absolute Gasteiger partial charge is 0.323 e. The number of carboxylic acid groups (broad SMARTS) is 1. The topological polar surface area (TPSA) is 98.1 Å². The highest BCUT2D eigenvalue weighted by Crippen LogP contribution is 2.68. The fraction of sp³-hybridized carbons (Fsp3) is 0.926. The van der Waals surface area contributed by atoms with Crippen molar-refractivity contribution >= 4 is 11.9 Å². The lowest BCUT2D eigenvalue weighted by atomic mass is 9.44. The van der Waals surface area contributed by atoms with E-state index in [9.17, 15) is 19.8 Å². The molecule has 4 aliphatic rings. The lowest BCUT2D eigenvalue weighted by molar-refractivity contribution is -0.172. The summed E-state index contributed by atoms with van der Waals surface area (Å²) in [6, 6.07) is 0. The van der Waals surface area contributed by atoms with Gasteiger partial charge >= 0.3 is 5.97 Å². The lowest BCUT2D eigenvalue weighted by Crippen LogP contribution is -2.58. The first kappa shape index (κ1) is 25.0. The summed E-state index contributed by atoms with van der Waals surface area (Å²) in [7, 11) is 1.57. The van der Waals surface area contributed by atoms with Crippen molar-refractivity contribution in [1.29, 1.82) is 0 Å². The van der Waals surface area contributed by atoms with Crippen molar-refractivity contribution < 1.29 is 24.9 Å². The summed E-state index contributed by atoms with van der Waals surface area (Å²) in [5.41, 5.74) is 0.404.